The van der Waals surface area contributed by atoms with Crippen molar-refractivity contribution in [2.75, 3.05) is 26.3 Å². The minimum absolute atomic E-state index is 0.127. The molecule has 1 heterocycles. The third-order valence-electron chi connectivity index (χ3n) is 2.95. The van der Waals surface area contributed by atoms with Crippen LogP contribution in [-0.4, -0.2) is 43.2 Å². The zero-order valence-corrected chi connectivity index (χ0v) is 10.7. The highest BCUT2D eigenvalue weighted by Gasteiger charge is 2.28. The summed E-state index contributed by atoms with van der Waals surface area (Å²) >= 11 is 0. The molecule has 0 spiro atoms. The number of hydrogen-bond donors (Lipinski definition) is 0. The van der Waals surface area contributed by atoms with Crippen LogP contribution in [0.4, 0.5) is 0 Å². The van der Waals surface area contributed by atoms with Crippen molar-refractivity contribution >= 4 is 5.91 Å². The number of ether oxygens (including phenoxy) is 2. The molecule has 4 heteroatoms. The summed E-state index contributed by atoms with van der Waals surface area (Å²) in [5.74, 6) is 1.02. The Hall–Kier alpha value is -1.55. The van der Waals surface area contributed by atoms with Crippen LogP contribution in [0.25, 0.3) is 0 Å². The standard InChI is InChI=1S/C14H19NO3/c1-12(16)15-10-14(11-15)18-9-5-8-17-13-6-3-2-4-7-13/h2-4,6-7,14H,5,8-11H2,1H3. The number of rotatable bonds is 6. The van der Waals surface area contributed by atoms with Gasteiger partial charge in [-0.05, 0) is 12.1 Å². The minimum atomic E-state index is 0.127. The van der Waals surface area contributed by atoms with E-state index < -0.39 is 0 Å². The molecule has 1 aliphatic heterocycles. The van der Waals surface area contributed by atoms with E-state index in [1.165, 1.54) is 0 Å². The van der Waals surface area contributed by atoms with E-state index in [-0.39, 0.29) is 12.0 Å². The molecule has 0 aliphatic carbocycles. The molecule has 1 amide bonds. The monoisotopic (exact) mass is 249 g/mol. The molecule has 1 aliphatic rings. The van der Waals surface area contributed by atoms with Gasteiger partial charge in [-0.3, -0.25) is 4.79 Å². The summed E-state index contributed by atoms with van der Waals surface area (Å²) in [7, 11) is 0. The number of benzene rings is 1. The van der Waals surface area contributed by atoms with Crippen molar-refractivity contribution in [3.8, 4) is 5.75 Å². The van der Waals surface area contributed by atoms with Crippen LogP contribution >= 0.6 is 0 Å². The molecule has 18 heavy (non-hydrogen) atoms. The van der Waals surface area contributed by atoms with E-state index in [9.17, 15) is 4.79 Å². The molecule has 0 atom stereocenters. The van der Waals surface area contributed by atoms with E-state index in [2.05, 4.69) is 0 Å². The van der Waals surface area contributed by atoms with Crippen LogP contribution in [0.3, 0.4) is 0 Å². The highest BCUT2D eigenvalue weighted by atomic mass is 16.5. The van der Waals surface area contributed by atoms with Crippen molar-refractivity contribution < 1.29 is 14.3 Å². The summed E-state index contributed by atoms with van der Waals surface area (Å²) in [6.07, 6.45) is 1.08. The highest BCUT2D eigenvalue weighted by molar-refractivity contribution is 5.74. The number of hydrogen-bond acceptors (Lipinski definition) is 3. The van der Waals surface area contributed by atoms with Gasteiger partial charge in [0.05, 0.1) is 19.3 Å². The van der Waals surface area contributed by atoms with Gasteiger partial charge < -0.3 is 14.4 Å². The topological polar surface area (TPSA) is 38.8 Å². The molecule has 0 aromatic heterocycles. The number of nitrogens with zero attached hydrogens (tertiary/aromatic N) is 1. The Morgan fingerprint density at radius 3 is 2.67 bits per heavy atom. The molecule has 1 saturated heterocycles. The summed E-state index contributed by atoms with van der Waals surface area (Å²) in [5, 5.41) is 0. The van der Waals surface area contributed by atoms with Gasteiger partial charge in [0, 0.05) is 26.4 Å². The van der Waals surface area contributed by atoms with Gasteiger partial charge in [0.15, 0.2) is 0 Å². The molecule has 0 N–H and O–H groups in total. The zero-order valence-electron chi connectivity index (χ0n) is 10.7. The van der Waals surface area contributed by atoms with Gasteiger partial charge in [-0.15, -0.1) is 0 Å². The van der Waals surface area contributed by atoms with Gasteiger partial charge in [0.2, 0.25) is 5.91 Å². The first kappa shape index (κ1) is 12.9. The molecule has 0 radical (unpaired) electrons. The summed E-state index contributed by atoms with van der Waals surface area (Å²) in [5.41, 5.74) is 0. The fourth-order valence-electron chi connectivity index (χ4n) is 1.82. The first-order valence-corrected chi connectivity index (χ1v) is 6.30. The smallest absolute Gasteiger partial charge is 0.219 e. The third-order valence-corrected chi connectivity index (χ3v) is 2.95. The second kappa shape index (κ2) is 6.40. The Balaban J connectivity index is 1.49. The van der Waals surface area contributed by atoms with Gasteiger partial charge >= 0.3 is 0 Å². The van der Waals surface area contributed by atoms with Crippen molar-refractivity contribution in [3.63, 3.8) is 0 Å². The highest BCUT2D eigenvalue weighted by Crippen LogP contribution is 2.12. The molecule has 98 valence electrons. The molecule has 4 nitrogen and oxygen atoms in total. The van der Waals surface area contributed by atoms with Crippen molar-refractivity contribution in [2.24, 2.45) is 0 Å². The lowest BCUT2D eigenvalue weighted by Gasteiger charge is -2.38. The summed E-state index contributed by atoms with van der Waals surface area (Å²) in [4.78, 5) is 12.7. The van der Waals surface area contributed by atoms with Gasteiger partial charge in [0.1, 0.15) is 5.75 Å². The second-order valence-electron chi connectivity index (χ2n) is 4.43. The number of likely N-dealkylation sites (tertiary alicyclic amines) is 1. The van der Waals surface area contributed by atoms with Crippen molar-refractivity contribution in [1.82, 2.24) is 4.90 Å². The first-order valence-electron chi connectivity index (χ1n) is 6.30. The Morgan fingerprint density at radius 1 is 1.28 bits per heavy atom. The van der Waals surface area contributed by atoms with Crippen molar-refractivity contribution in [2.45, 2.75) is 19.4 Å². The lowest BCUT2D eigenvalue weighted by atomic mass is 10.2. The van der Waals surface area contributed by atoms with E-state index in [1.54, 1.807) is 11.8 Å². The molecule has 0 saturated carbocycles. The Bertz CT molecular complexity index is 374. The van der Waals surface area contributed by atoms with E-state index in [4.69, 9.17) is 9.47 Å². The molecule has 1 fully saturated rings. The summed E-state index contributed by atoms with van der Waals surface area (Å²) < 4.78 is 11.2. The molecular formula is C14H19NO3. The molecule has 1 aromatic rings. The maximum atomic E-state index is 11.0. The van der Waals surface area contributed by atoms with Crippen LogP contribution in [0, 0.1) is 0 Å². The molecular weight excluding hydrogens is 230 g/mol. The second-order valence-corrected chi connectivity index (χ2v) is 4.43. The largest absolute Gasteiger partial charge is 0.494 e. The van der Waals surface area contributed by atoms with Crippen LogP contribution in [0.1, 0.15) is 13.3 Å². The van der Waals surface area contributed by atoms with E-state index >= 15 is 0 Å². The van der Waals surface area contributed by atoms with Crippen molar-refractivity contribution in [3.05, 3.63) is 30.3 Å². The van der Waals surface area contributed by atoms with Crippen molar-refractivity contribution in [1.29, 1.82) is 0 Å². The van der Waals surface area contributed by atoms with Crippen LogP contribution in [0.15, 0.2) is 30.3 Å². The number of para-hydroxylation sites is 1. The van der Waals surface area contributed by atoms with E-state index in [0.717, 1.165) is 25.3 Å². The molecule has 2 rings (SSSR count). The maximum Gasteiger partial charge on any atom is 0.219 e. The van der Waals surface area contributed by atoms with Crippen LogP contribution in [0.5, 0.6) is 5.75 Å². The Kier molecular flexibility index (Phi) is 4.59. The van der Waals surface area contributed by atoms with Crippen LogP contribution in [0.2, 0.25) is 0 Å². The maximum absolute atomic E-state index is 11.0. The normalized spacial score (nSPS) is 15.3. The van der Waals surface area contributed by atoms with Gasteiger partial charge in [-0.25, -0.2) is 0 Å². The lowest BCUT2D eigenvalue weighted by molar-refractivity contribution is -0.142. The molecule has 1 aromatic carbocycles. The predicted molar refractivity (Wildman–Crippen MR) is 68.5 cm³/mol. The Labute approximate surface area is 107 Å². The summed E-state index contributed by atoms with van der Waals surface area (Å²) in [6, 6.07) is 9.76. The van der Waals surface area contributed by atoms with Gasteiger partial charge in [-0.1, -0.05) is 18.2 Å². The van der Waals surface area contributed by atoms with Gasteiger partial charge in [-0.2, -0.15) is 0 Å². The zero-order chi connectivity index (χ0) is 12.8. The minimum Gasteiger partial charge on any atom is -0.494 e. The van der Waals surface area contributed by atoms with Crippen LogP contribution < -0.4 is 4.74 Å². The third kappa shape index (κ3) is 3.74. The number of carbonyl (C=O) groups excluding carboxylic acids is 1. The lowest BCUT2D eigenvalue weighted by Crippen LogP contribution is -2.54. The van der Waals surface area contributed by atoms with Gasteiger partial charge in [0.25, 0.3) is 0 Å². The fraction of sp³-hybridized carbons (Fsp3) is 0.500. The predicted octanol–water partition coefficient (Wildman–Crippen LogP) is 1.70. The number of amides is 1. The SMILES string of the molecule is CC(=O)N1CC(OCCCOc2ccccc2)C1. The van der Waals surface area contributed by atoms with Crippen LogP contribution in [-0.2, 0) is 9.53 Å². The Morgan fingerprint density at radius 2 is 2.00 bits per heavy atom. The van der Waals surface area contributed by atoms with E-state index in [0.29, 0.717) is 13.2 Å². The average Bonchev–Trinajstić information content (AvgIpc) is 2.32. The molecule has 0 unspecified atom stereocenters. The average molecular weight is 249 g/mol. The fourth-order valence-corrected chi connectivity index (χ4v) is 1.82. The first-order chi connectivity index (χ1) is 8.75. The summed E-state index contributed by atoms with van der Waals surface area (Å²) in [6.45, 7) is 4.39. The molecule has 0 bridgehead atoms. The van der Waals surface area contributed by atoms with E-state index in [1.807, 2.05) is 30.3 Å². The number of carbonyl (C=O) groups is 1. The quantitative estimate of drug-likeness (QED) is 0.720.